The van der Waals surface area contributed by atoms with Crippen molar-refractivity contribution in [3.8, 4) is 17.2 Å². The Morgan fingerprint density at radius 1 is 1.11 bits per heavy atom. The molecule has 1 amide bonds. The summed E-state index contributed by atoms with van der Waals surface area (Å²) in [5, 5.41) is 11.8. The van der Waals surface area contributed by atoms with Crippen LogP contribution >= 0.6 is 0 Å². The van der Waals surface area contributed by atoms with E-state index < -0.39 is 0 Å². The van der Waals surface area contributed by atoms with Crippen LogP contribution in [0.15, 0.2) is 65.4 Å². The third-order valence-corrected chi connectivity index (χ3v) is 4.00. The number of hydrogen-bond acceptors (Lipinski definition) is 5. The van der Waals surface area contributed by atoms with E-state index in [-0.39, 0.29) is 11.7 Å². The monoisotopic (exact) mass is 362 g/mol. The van der Waals surface area contributed by atoms with Crippen LogP contribution in [0.3, 0.4) is 0 Å². The average molecular weight is 362 g/mol. The molecule has 0 radical (unpaired) electrons. The number of aryl methyl sites for hydroxylation is 1. The van der Waals surface area contributed by atoms with Gasteiger partial charge in [0.1, 0.15) is 11.5 Å². The number of nitrogens with zero attached hydrogens (tertiary/aromatic N) is 5. The first-order valence-corrected chi connectivity index (χ1v) is 8.54. The molecule has 3 heterocycles. The van der Waals surface area contributed by atoms with Crippen LogP contribution in [0.4, 0.5) is 0 Å². The number of para-hydroxylation sites is 1. The van der Waals surface area contributed by atoms with Gasteiger partial charge >= 0.3 is 0 Å². The third kappa shape index (κ3) is 3.64. The maximum Gasteiger partial charge on any atom is 0.286 e. The zero-order valence-electron chi connectivity index (χ0n) is 14.7. The second-order valence-corrected chi connectivity index (χ2v) is 5.96. The fourth-order valence-corrected chi connectivity index (χ4v) is 2.71. The fourth-order valence-electron chi connectivity index (χ4n) is 2.71. The molecule has 8 nitrogen and oxygen atoms in total. The molecule has 0 spiro atoms. The van der Waals surface area contributed by atoms with Crippen LogP contribution in [0.25, 0.3) is 17.2 Å². The molecule has 0 bridgehead atoms. The van der Waals surface area contributed by atoms with Crippen molar-refractivity contribution in [1.82, 2.24) is 29.9 Å². The van der Waals surface area contributed by atoms with Crippen molar-refractivity contribution in [3.63, 3.8) is 0 Å². The lowest BCUT2D eigenvalue weighted by Crippen LogP contribution is -2.26. The van der Waals surface area contributed by atoms with Gasteiger partial charge in [0.25, 0.3) is 5.91 Å². The molecule has 0 saturated heterocycles. The maximum absolute atomic E-state index is 12.0. The van der Waals surface area contributed by atoms with Gasteiger partial charge in [-0.15, -0.1) is 5.10 Å². The van der Waals surface area contributed by atoms with Crippen LogP contribution in [-0.4, -0.2) is 37.0 Å². The lowest BCUT2D eigenvalue weighted by molar-refractivity contribution is 0.0926. The minimum atomic E-state index is -0.254. The quantitative estimate of drug-likeness (QED) is 0.568. The van der Waals surface area contributed by atoms with E-state index >= 15 is 0 Å². The number of benzene rings is 1. The van der Waals surface area contributed by atoms with Crippen LogP contribution in [0.2, 0.25) is 0 Å². The lowest BCUT2D eigenvalue weighted by atomic mass is 10.3. The second kappa shape index (κ2) is 7.28. The van der Waals surface area contributed by atoms with Gasteiger partial charge < -0.3 is 9.73 Å². The van der Waals surface area contributed by atoms with Crippen molar-refractivity contribution in [1.29, 1.82) is 0 Å². The molecule has 136 valence electrons. The Kier molecular flexibility index (Phi) is 4.52. The summed E-state index contributed by atoms with van der Waals surface area (Å²) < 4.78 is 8.59. The molecule has 0 unspecified atom stereocenters. The van der Waals surface area contributed by atoms with Crippen LogP contribution in [-0.2, 0) is 13.5 Å². The molecule has 0 atom stereocenters. The Hall–Kier alpha value is -3.68. The zero-order valence-corrected chi connectivity index (χ0v) is 14.7. The summed E-state index contributed by atoms with van der Waals surface area (Å²) >= 11 is 0. The average Bonchev–Trinajstić information content (AvgIpc) is 3.43. The second-order valence-electron chi connectivity index (χ2n) is 5.96. The Morgan fingerprint density at radius 3 is 2.67 bits per heavy atom. The predicted molar refractivity (Wildman–Crippen MR) is 98.3 cm³/mol. The number of carbonyl (C=O) groups excluding carboxylic acids is 1. The van der Waals surface area contributed by atoms with E-state index in [1.807, 2.05) is 49.6 Å². The largest absolute Gasteiger partial charge is 0.459 e. The normalized spacial score (nSPS) is 10.9. The minimum Gasteiger partial charge on any atom is -0.459 e. The molecule has 0 aliphatic heterocycles. The summed E-state index contributed by atoms with van der Waals surface area (Å²) in [5.41, 5.74) is 1.60. The van der Waals surface area contributed by atoms with Crippen LogP contribution in [0.5, 0.6) is 0 Å². The Labute approximate surface area is 155 Å². The smallest absolute Gasteiger partial charge is 0.286 e. The first kappa shape index (κ1) is 16.8. The van der Waals surface area contributed by atoms with Crippen molar-refractivity contribution in [2.24, 2.45) is 7.05 Å². The topological polar surface area (TPSA) is 90.8 Å². The molecule has 27 heavy (non-hydrogen) atoms. The number of hydrogen-bond donors (Lipinski definition) is 1. The number of rotatable bonds is 6. The molecule has 4 rings (SSSR count). The summed E-state index contributed by atoms with van der Waals surface area (Å²) in [4.78, 5) is 16.7. The SMILES string of the molecule is Cn1ccc(-c2nc(CCNC(=O)c3ccco3)n(-c3ccccc3)n2)n1. The number of carbonyl (C=O) groups is 1. The molecule has 3 aromatic heterocycles. The molecule has 8 heteroatoms. The number of aromatic nitrogens is 5. The number of amides is 1. The van der Waals surface area contributed by atoms with E-state index in [1.54, 1.807) is 21.5 Å². The summed E-state index contributed by atoms with van der Waals surface area (Å²) in [6.07, 6.45) is 3.84. The van der Waals surface area contributed by atoms with Gasteiger partial charge in [-0.25, -0.2) is 9.67 Å². The van der Waals surface area contributed by atoms with E-state index in [9.17, 15) is 4.79 Å². The van der Waals surface area contributed by atoms with Gasteiger partial charge in [0, 0.05) is 26.2 Å². The highest BCUT2D eigenvalue weighted by atomic mass is 16.3. The molecular weight excluding hydrogens is 344 g/mol. The molecule has 0 saturated carbocycles. The third-order valence-electron chi connectivity index (χ3n) is 4.00. The Balaban J connectivity index is 1.56. The van der Waals surface area contributed by atoms with Gasteiger partial charge in [0.05, 0.1) is 12.0 Å². The maximum atomic E-state index is 12.0. The summed E-state index contributed by atoms with van der Waals surface area (Å²) in [7, 11) is 1.85. The first-order chi connectivity index (χ1) is 13.2. The minimum absolute atomic E-state index is 0.254. The molecular formula is C19H18N6O2. The van der Waals surface area contributed by atoms with Crippen molar-refractivity contribution < 1.29 is 9.21 Å². The summed E-state index contributed by atoms with van der Waals surface area (Å²) in [6.45, 7) is 0.409. The van der Waals surface area contributed by atoms with Gasteiger partial charge in [-0.1, -0.05) is 18.2 Å². The van der Waals surface area contributed by atoms with Gasteiger partial charge in [-0.2, -0.15) is 5.10 Å². The number of furan rings is 1. The predicted octanol–water partition coefficient (Wildman–Crippen LogP) is 2.23. The Morgan fingerprint density at radius 2 is 1.96 bits per heavy atom. The van der Waals surface area contributed by atoms with Crippen molar-refractivity contribution in [2.45, 2.75) is 6.42 Å². The van der Waals surface area contributed by atoms with E-state index in [4.69, 9.17) is 4.42 Å². The Bertz CT molecular complexity index is 1030. The van der Waals surface area contributed by atoms with Crippen LogP contribution in [0, 0.1) is 0 Å². The molecule has 1 aromatic carbocycles. The molecule has 0 aliphatic rings. The van der Waals surface area contributed by atoms with Crippen molar-refractivity contribution >= 4 is 5.91 Å². The molecule has 4 aromatic rings. The van der Waals surface area contributed by atoms with Gasteiger partial charge in [0.15, 0.2) is 5.76 Å². The lowest BCUT2D eigenvalue weighted by Gasteiger charge is -2.06. The van der Waals surface area contributed by atoms with Crippen molar-refractivity contribution in [2.75, 3.05) is 6.54 Å². The summed E-state index contributed by atoms with van der Waals surface area (Å²) in [6, 6.07) is 14.9. The highest BCUT2D eigenvalue weighted by molar-refractivity contribution is 5.91. The standard InChI is InChI=1S/C19H18N6O2/c1-24-12-10-15(22-24)18-21-17(25(23-18)14-6-3-2-4-7-14)9-11-20-19(26)16-8-5-13-27-16/h2-8,10,12-13H,9,11H2,1H3,(H,20,26). The molecule has 0 fully saturated rings. The van der Waals surface area contributed by atoms with Crippen LogP contribution in [0.1, 0.15) is 16.4 Å². The zero-order chi connectivity index (χ0) is 18.6. The van der Waals surface area contributed by atoms with E-state index in [1.165, 1.54) is 6.26 Å². The molecule has 1 N–H and O–H groups in total. The highest BCUT2D eigenvalue weighted by Gasteiger charge is 2.15. The van der Waals surface area contributed by atoms with Crippen LogP contribution < -0.4 is 5.32 Å². The number of nitrogens with one attached hydrogen (secondary N) is 1. The van der Waals surface area contributed by atoms with Gasteiger partial charge in [-0.3, -0.25) is 9.48 Å². The highest BCUT2D eigenvalue weighted by Crippen LogP contribution is 2.17. The van der Waals surface area contributed by atoms with Crippen molar-refractivity contribution in [3.05, 3.63) is 72.6 Å². The van der Waals surface area contributed by atoms with E-state index in [0.29, 0.717) is 24.5 Å². The van der Waals surface area contributed by atoms with E-state index in [2.05, 4.69) is 20.5 Å². The molecule has 0 aliphatic carbocycles. The fraction of sp³-hybridized carbons (Fsp3) is 0.158. The van der Waals surface area contributed by atoms with Gasteiger partial charge in [0.2, 0.25) is 5.82 Å². The van der Waals surface area contributed by atoms with E-state index in [0.717, 1.165) is 11.5 Å². The summed E-state index contributed by atoms with van der Waals surface area (Å²) in [5.74, 6) is 1.32. The van der Waals surface area contributed by atoms with Gasteiger partial charge in [-0.05, 0) is 30.3 Å². The first-order valence-electron chi connectivity index (χ1n) is 8.54.